The summed E-state index contributed by atoms with van der Waals surface area (Å²) in [4.78, 5) is 25.1. The molecule has 0 aromatic heterocycles. The van der Waals surface area contributed by atoms with E-state index in [0.717, 1.165) is 30.0 Å². The summed E-state index contributed by atoms with van der Waals surface area (Å²) in [7, 11) is 0. The van der Waals surface area contributed by atoms with Crippen LogP contribution in [0.2, 0.25) is 0 Å². The van der Waals surface area contributed by atoms with Crippen LogP contribution in [0.3, 0.4) is 0 Å². The second-order valence-corrected chi connectivity index (χ2v) is 5.15. The molecule has 114 valence electrons. The van der Waals surface area contributed by atoms with Crippen molar-refractivity contribution in [3.63, 3.8) is 0 Å². The Morgan fingerprint density at radius 1 is 1.24 bits per heavy atom. The predicted octanol–water partition coefficient (Wildman–Crippen LogP) is 1.22. The number of carbonyl (C=O) groups is 2. The van der Waals surface area contributed by atoms with Crippen molar-refractivity contribution in [1.82, 2.24) is 4.90 Å². The molecule has 1 aliphatic rings. The molecule has 6 heteroatoms. The topological polar surface area (TPSA) is 70.7 Å². The third kappa shape index (κ3) is 4.84. The minimum atomic E-state index is -0.109. The number of ether oxygens (including phenoxy) is 1. The van der Waals surface area contributed by atoms with Crippen molar-refractivity contribution < 1.29 is 14.3 Å². The summed E-state index contributed by atoms with van der Waals surface area (Å²) in [6, 6.07) is 5.43. The zero-order valence-electron chi connectivity index (χ0n) is 12.4. The summed E-state index contributed by atoms with van der Waals surface area (Å²) in [5.74, 6) is -0.147. The summed E-state index contributed by atoms with van der Waals surface area (Å²) in [6.45, 7) is 6.66. The Kier molecular flexibility index (Phi) is 5.30. The third-order valence-electron chi connectivity index (χ3n) is 3.29. The maximum absolute atomic E-state index is 12.0. The number of aryl methyl sites for hydroxylation is 1. The maximum Gasteiger partial charge on any atom is 0.238 e. The average molecular weight is 291 g/mol. The van der Waals surface area contributed by atoms with Crippen LogP contribution in [0.15, 0.2) is 18.2 Å². The van der Waals surface area contributed by atoms with Crippen molar-refractivity contribution in [3.8, 4) is 0 Å². The molecule has 2 N–H and O–H groups in total. The highest BCUT2D eigenvalue weighted by Crippen LogP contribution is 2.19. The lowest BCUT2D eigenvalue weighted by Gasteiger charge is -2.25. The van der Waals surface area contributed by atoms with Crippen molar-refractivity contribution >= 4 is 23.2 Å². The Morgan fingerprint density at radius 2 is 1.95 bits per heavy atom. The molecule has 1 saturated heterocycles. The van der Waals surface area contributed by atoms with Crippen LogP contribution >= 0.6 is 0 Å². The number of nitrogens with one attached hydrogen (secondary N) is 2. The van der Waals surface area contributed by atoms with Gasteiger partial charge in [-0.05, 0) is 30.7 Å². The van der Waals surface area contributed by atoms with E-state index < -0.39 is 0 Å². The van der Waals surface area contributed by atoms with Gasteiger partial charge in [0.15, 0.2) is 0 Å². The highest BCUT2D eigenvalue weighted by Gasteiger charge is 2.14. The highest BCUT2D eigenvalue weighted by molar-refractivity contribution is 5.93. The molecule has 21 heavy (non-hydrogen) atoms. The lowest BCUT2D eigenvalue weighted by molar-refractivity contribution is -0.118. The number of hydrogen-bond acceptors (Lipinski definition) is 4. The molecule has 0 atom stereocenters. The Balaban J connectivity index is 1.91. The number of nitrogens with zero attached hydrogens (tertiary/aromatic N) is 1. The Bertz CT molecular complexity index is 525. The van der Waals surface area contributed by atoms with Gasteiger partial charge in [0.25, 0.3) is 0 Å². The molecule has 0 radical (unpaired) electrons. The first-order chi connectivity index (χ1) is 10.0. The van der Waals surface area contributed by atoms with Crippen LogP contribution in [0.1, 0.15) is 12.5 Å². The van der Waals surface area contributed by atoms with Gasteiger partial charge in [-0.2, -0.15) is 0 Å². The average Bonchev–Trinajstić information content (AvgIpc) is 2.42. The van der Waals surface area contributed by atoms with E-state index in [1.165, 1.54) is 6.92 Å². The first-order valence-electron chi connectivity index (χ1n) is 7.03. The first kappa shape index (κ1) is 15.5. The van der Waals surface area contributed by atoms with Crippen molar-refractivity contribution in [2.75, 3.05) is 43.5 Å². The van der Waals surface area contributed by atoms with Gasteiger partial charge in [0.05, 0.1) is 19.8 Å². The fraction of sp³-hybridized carbons (Fsp3) is 0.467. The van der Waals surface area contributed by atoms with E-state index in [4.69, 9.17) is 4.74 Å². The summed E-state index contributed by atoms with van der Waals surface area (Å²) >= 11 is 0. The van der Waals surface area contributed by atoms with Crippen molar-refractivity contribution in [2.45, 2.75) is 13.8 Å². The van der Waals surface area contributed by atoms with Crippen LogP contribution in [0.4, 0.5) is 11.4 Å². The molecule has 6 nitrogen and oxygen atoms in total. The SMILES string of the molecule is CC(=O)Nc1ccc(NC(=O)CN2CCOCC2)cc1C. The summed E-state index contributed by atoms with van der Waals surface area (Å²) in [5, 5.41) is 5.62. The van der Waals surface area contributed by atoms with Gasteiger partial charge in [-0.3, -0.25) is 14.5 Å². The van der Waals surface area contributed by atoms with E-state index in [9.17, 15) is 9.59 Å². The summed E-state index contributed by atoms with van der Waals surface area (Å²) in [5.41, 5.74) is 2.41. The van der Waals surface area contributed by atoms with Crippen LogP contribution in [0.5, 0.6) is 0 Å². The molecule has 1 aliphatic heterocycles. The molecule has 0 spiro atoms. The molecule has 0 unspecified atom stereocenters. The number of morpholine rings is 1. The second-order valence-electron chi connectivity index (χ2n) is 5.15. The molecule has 1 heterocycles. The van der Waals surface area contributed by atoms with Crippen molar-refractivity contribution in [2.24, 2.45) is 0 Å². The molecular weight excluding hydrogens is 270 g/mol. The molecule has 0 bridgehead atoms. The van der Waals surface area contributed by atoms with Crippen LogP contribution in [0.25, 0.3) is 0 Å². The molecule has 1 aromatic rings. The lowest BCUT2D eigenvalue weighted by atomic mass is 10.1. The zero-order valence-corrected chi connectivity index (χ0v) is 12.4. The van der Waals surface area contributed by atoms with Crippen LogP contribution in [0, 0.1) is 6.92 Å². The second kappa shape index (κ2) is 7.19. The Hall–Kier alpha value is -1.92. The smallest absolute Gasteiger partial charge is 0.238 e. The molecular formula is C15H21N3O3. The zero-order chi connectivity index (χ0) is 15.2. The van der Waals surface area contributed by atoms with E-state index in [1.807, 2.05) is 13.0 Å². The van der Waals surface area contributed by atoms with Gasteiger partial charge in [-0.15, -0.1) is 0 Å². The van der Waals surface area contributed by atoms with Gasteiger partial charge in [0.1, 0.15) is 0 Å². The van der Waals surface area contributed by atoms with Gasteiger partial charge >= 0.3 is 0 Å². The monoisotopic (exact) mass is 291 g/mol. The van der Waals surface area contributed by atoms with E-state index in [0.29, 0.717) is 19.8 Å². The number of benzene rings is 1. The number of carbonyl (C=O) groups excluding carboxylic acids is 2. The molecule has 0 aliphatic carbocycles. The molecule has 0 saturated carbocycles. The Labute approximate surface area is 124 Å². The fourth-order valence-corrected chi connectivity index (χ4v) is 2.23. The van der Waals surface area contributed by atoms with Crippen molar-refractivity contribution in [1.29, 1.82) is 0 Å². The molecule has 1 fully saturated rings. The standard InChI is InChI=1S/C15H21N3O3/c1-11-9-13(3-4-14(11)16-12(2)19)17-15(20)10-18-5-7-21-8-6-18/h3-4,9H,5-8,10H2,1-2H3,(H,16,19)(H,17,20). The predicted molar refractivity (Wildman–Crippen MR) is 81.4 cm³/mol. The van der Waals surface area contributed by atoms with Crippen LogP contribution in [-0.4, -0.2) is 49.6 Å². The quantitative estimate of drug-likeness (QED) is 0.875. The van der Waals surface area contributed by atoms with Gasteiger partial charge in [0.2, 0.25) is 11.8 Å². The lowest BCUT2D eigenvalue weighted by Crippen LogP contribution is -2.41. The van der Waals surface area contributed by atoms with Gasteiger partial charge in [0, 0.05) is 31.4 Å². The van der Waals surface area contributed by atoms with E-state index in [1.54, 1.807) is 12.1 Å². The normalized spacial score (nSPS) is 15.5. The number of anilines is 2. The van der Waals surface area contributed by atoms with Crippen molar-refractivity contribution in [3.05, 3.63) is 23.8 Å². The number of rotatable bonds is 4. The minimum Gasteiger partial charge on any atom is -0.379 e. The third-order valence-corrected chi connectivity index (χ3v) is 3.29. The van der Waals surface area contributed by atoms with Gasteiger partial charge in [-0.25, -0.2) is 0 Å². The van der Waals surface area contributed by atoms with Crippen LogP contribution in [-0.2, 0) is 14.3 Å². The first-order valence-corrected chi connectivity index (χ1v) is 7.03. The molecule has 1 aromatic carbocycles. The highest BCUT2D eigenvalue weighted by atomic mass is 16.5. The van der Waals surface area contributed by atoms with E-state index >= 15 is 0 Å². The maximum atomic E-state index is 12.0. The summed E-state index contributed by atoms with van der Waals surface area (Å²) < 4.78 is 5.25. The molecule has 2 amide bonds. The number of amides is 2. The number of hydrogen-bond donors (Lipinski definition) is 2. The fourth-order valence-electron chi connectivity index (χ4n) is 2.23. The van der Waals surface area contributed by atoms with Crippen LogP contribution < -0.4 is 10.6 Å². The van der Waals surface area contributed by atoms with E-state index in [-0.39, 0.29) is 11.8 Å². The van der Waals surface area contributed by atoms with E-state index in [2.05, 4.69) is 15.5 Å². The van der Waals surface area contributed by atoms with Gasteiger partial charge < -0.3 is 15.4 Å². The Morgan fingerprint density at radius 3 is 2.57 bits per heavy atom. The minimum absolute atomic E-state index is 0.0384. The van der Waals surface area contributed by atoms with Gasteiger partial charge in [-0.1, -0.05) is 0 Å². The largest absolute Gasteiger partial charge is 0.379 e. The molecule has 2 rings (SSSR count). The summed E-state index contributed by atoms with van der Waals surface area (Å²) in [6.07, 6.45) is 0.